The number of ether oxygens (including phenoxy) is 1. The van der Waals surface area contributed by atoms with E-state index < -0.39 is 6.36 Å². The van der Waals surface area contributed by atoms with Crippen molar-refractivity contribution in [2.24, 2.45) is 5.92 Å². The molecule has 0 aliphatic heterocycles. The maximum Gasteiger partial charge on any atom is 0.572 e. The average molecular weight is 178 g/mol. The molecule has 1 unspecified atom stereocenters. The summed E-state index contributed by atoms with van der Waals surface area (Å²) < 4.78 is 39.0. The van der Waals surface area contributed by atoms with E-state index in [1.807, 2.05) is 6.08 Å². The number of hydrogen-bond acceptors (Lipinski definition) is 1. The molecule has 0 heterocycles. The molecule has 0 fully saturated rings. The average Bonchev–Trinajstić information content (AvgIpc) is 1.91. The van der Waals surface area contributed by atoms with E-state index >= 15 is 0 Å². The molecule has 4 heteroatoms. The Balaban J connectivity index is 2.62. The number of alkyl halides is 3. The SMILES string of the molecule is CC1CC=CC=C1OC(F)(F)F. The van der Waals surface area contributed by atoms with Gasteiger partial charge >= 0.3 is 6.36 Å². The standard InChI is InChI=1S/C8H9F3O/c1-6-4-2-3-5-7(6)12-8(9,10)11/h2-3,5-6H,4H2,1H3. The van der Waals surface area contributed by atoms with E-state index in [9.17, 15) is 13.2 Å². The van der Waals surface area contributed by atoms with Crippen LogP contribution in [-0.4, -0.2) is 6.36 Å². The van der Waals surface area contributed by atoms with Crippen molar-refractivity contribution in [2.45, 2.75) is 19.7 Å². The van der Waals surface area contributed by atoms with Crippen molar-refractivity contribution in [3.63, 3.8) is 0 Å². The van der Waals surface area contributed by atoms with Crippen LogP contribution >= 0.6 is 0 Å². The zero-order chi connectivity index (χ0) is 9.19. The van der Waals surface area contributed by atoms with E-state index in [1.54, 1.807) is 13.0 Å². The zero-order valence-electron chi connectivity index (χ0n) is 6.56. The monoisotopic (exact) mass is 178 g/mol. The fourth-order valence-corrected chi connectivity index (χ4v) is 0.994. The third-order valence-electron chi connectivity index (χ3n) is 1.61. The van der Waals surface area contributed by atoms with Crippen LogP contribution in [0.5, 0.6) is 0 Å². The normalized spacial score (nSPS) is 23.7. The fourth-order valence-electron chi connectivity index (χ4n) is 0.994. The Morgan fingerprint density at radius 2 is 2.17 bits per heavy atom. The van der Waals surface area contributed by atoms with Crippen molar-refractivity contribution < 1.29 is 17.9 Å². The molecule has 0 saturated heterocycles. The van der Waals surface area contributed by atoms with Crippen LogP contribution in [0.15, 0.2) is 24.0 Å². The maximum absolute atomic E-state index is 11.7. The quantitative estimate of drug-likeness (QED) is 0.599. The molecule has 1 aliphatic carbocycles. The van der Waals surface area contributed by atoms with Crippen LogP contribution in [0.25, 0.3) is 0 Å². The van der Waals surface area contributed by atoms with Gasteiger partial charge in [-0.25, -0.2) is 0 Å². The predicted octanol–water partition coefficient (Wildman–Crippen LogP) is 3.00. The summed E-state index contributed by atoms with van der Waals surface area (Å²) >= 11 is 0. The molecular weight excluding hydrogens is 169 g/mol. The summed E-state index contributed by atoms with van der Waals surface area (Å²) in [4.78, 5) is 0. The zero-order valence-corrected chi connectivity index (χ0v) is 6.56. The molecule has 1 rings (SSSR count). The van der Waals surface area contributed by atoms with Crippen LogP contribution in [0.3, 0.4) is 0 Å². The Labute approximate surface area is 68.5 Å². The molecule has 0 aromatic rings. The van der Waals surface area contributed by atoms with Crippen LogP contribution in [0.1, 0.15) is 13.3 Å². The predicted molar refractivity (Wildman–Crippen MR) is 38.1 cm³/mol. The molecule has 1 aliphatic rings. The van der Waals surface area contributed by atoms with Gasteiger partial charge in [-0.15, -0.1) is 13.2 Å². The molecule has 0 saturated carbocycles. The van der Waals surface area contributed by atoms with Crippen LogP contribution in [0, 0.1) is 5.92 Å². The van der Waals surface area contributed by atoms with E-state index in [-0.39, 0.29) is 11.7 Å². The van der Waals surface area contributed by atoms with E-state index in [0.717, 1.165) is 0 Å². The number of rotatable bonds is 1. The highest BCUT2D eigenvalue weighted by molar-refractivity contribution is 5.15. The molecule has 0 spiro atoms. The van der Waals surface area contributed by atoms with E-state index in [2.05, 4.69) is 4.74 Å². The molecule has 0 radical (unpaired) electrons. The lowest BCUT2D eigenvalue weighted by Crippen LogP contribution is -2.17. The summed E-state index contributed by atoms with van der Waals surface area (Å²) in [6, 6.07) is 0. The molecule has 0 aromatic heterocycles. The first-order valence-electron chi connectivity index (χ1n) is 3.61. The summed E-state index contributed by atoms with van der Waals surface area (Å²) in [5.74, 6) is -0.193. The van der Waals surface area contributed by atoms with Gasteiger partial charge in [0, 0.05) is 5.92 Å². The molecule has 0 bridgehead atoms. The third-order valence-corrected chi connectivity index (χ3v) is 1.61. The second-order valence-corrected chi connectivity index (χ2v) is 2.68. The van der Waals surface area contributed by atoms with Crippen molar-refractivity contribution in [3.05, 3.63) is 24.0 Å². The second-order valence-electron chi connectivity index (χ2n) is 2.68. The second kappa shape index (κ2) is 3.21. The van der Waals surface area contributed by atoms with Crippen molar-refractivity contribution in [1.82, 2.24) is 0 Å². The summed E-state index contributed by atoms with van der Waals surface area (Å²) in [6.07, 6.45) is 0.768. The number of hydrogen-bond donors (Lipinski definition) is 0. The fraction of sp³-hybridized carbons (Fsp3) is 0.500. The Hall–Kier alpha value is -0.930. The van der Waals surface area contributed by atoms with Gasteiger partial charge in [0.2, 0.25) is 0 Å². The first-order chi connectivity index (χ1) is 5.49. The van der Waals surface area contributed by atoms with Gasteiger partial charge in [-0.1, -0.05) is 19.1 Å². The van der Waals surface area contributed by atoms with Gasteiger partial charge in [0.15, 0.2) is 0 Å². The van der Waals surface area contributed by atoms with Crippen molar-refractivity contribution >= 4 is 0 Å². The lowest BCUT2D eigenvalue weighted by atomic mass is 10.0. The minimum atomic E-state index is -4.56. The topological polar surface area (TPSA) is 9.23 Å². The van der Waals surface area contributed by atoms with Crippen molar-refractivity contribution in [1.29, 1.82) is 0 Å². The maximum atomic E-state index is 11.7. The van der Waals surface area contributed by atoms with Gasteiger partial charge in [0.1, 0.15) is 5.76 Å². The molecule has 1 nitrogen and oxygen atoms in total. The highest BCUT2D eigenvalue weighted by Crippen LogP contribution is 2.28. The molecule has 68 valence electrons. The smallest absolute Gasteiger partial charge is 0.410 e. The Morgan fingerprint density at radius 3 is 2.67 bits per heavy atom. The first kappa shape index (κ1) is 9.16. The van der Waals surface area contributed by atoms with Crippen LogP contribution in [-0.2, 0) is 4.74 Å². The molecule has 0 aromatic carbocycles. The first-order valence-corrected chi connectivity index (χ1v) is 3.61. The lowest BCUT2D eigenvalue weighted by molar-refractivity contribution is -0.308. The van der Waals surface area contributed by atoms with E-state index in [0.29, 0.717) is 6.42 Å². The van der Waals surface area contributed by atoms with Crippen molar-refractivity contribution in [3.8, 4) is 0 Å². The van der Waals surface area contributed by atoms with Gasteiger partial charge in [-0.05, 0) is 12.5 Å². The Bertz CT molecular complexity index is 215. The van der Waals surface area contributed by atoms with Crippen LogP contribution < -0.4 is 0 Å². The summed E-state index contributed by atoms with van der Waals surface area (Å²) in [6.45, 7) is 1.70. The van der Waals surface area contributed by atoms with Gasteiger partial charge in [0.05, 0.1) is 0 Å². The minimum Gasteiger partial charge on any atom is -0.410 e. The van der Waals surface area contributed by atoms with Gasteiger partial charge in [-0.2, -0.15) is 0 Å². The Kier molecular flexibility index (Phi) is 2.45. The largest absolute Gasteiger partial charge is 0.572 e. The lowest BCUT2D eigenvalue weighted by Gasteiger charge is -2.18. The van der Waals surface area contributed by atoms with Gasteiger partial charge in [0.25, 0.3) is 0 Å². The van der Waals surface area contributed by atoms with Gasteiger partial charge < -0.3 is 4.74 Å². The summed E-state index contributed by atoms with van der Waals surface area (Å²) in [5, 5.41) is 0. The van der Waals surface area contributed by atoms with Crippen LogP contribution in [0.2, 0.25) is 0 Å². The van der Waals surface area contributed by atoms with Crippen LogP contribution in [0.4, 0.5) is 13.2 Å². The summed E-state index contributed by atoms with van der Waals surface area (Å²) in [5.41, 5.74) is 0. The minimum absolute atomic E-state index is 0.00926. The Morgan fingerprint density at radius 1 is 1.50 bits per heavy atom. The van der Waals surface area contributed by atoms with Gasteiger partial charge in [-0.3, -0.25) is 0 Å². The highest BCUT2D eigenvalue weighted by atomic mass is 19.4. The molecular formula is C8H9F3O. The molecule has 1 atom stereocenters. The highest BCUT2D eigenvalue weighted by Gasteiger charge is 2.33. The molecule has 12 heavy (non-hydrogen) atoms. The number of allylic oxidation sites excluding steroid dienone is 4. The number of halogens is 3. The third kappa shape index (κ3) is 2.60. The summed E-state index contributed by atoms with van der Waals surface area (Å²) in [7, 11) is 0. The van der Waals surface area contributed by atoms with Crippen molar-refractivity contribution in [2.75, 3.05) is 0 Å². The van der Waals surface area contributed by atoms with E-state index in [1.165, 1.54) is 6.08 Å². The molecule has 0 amide bonds. The van der Waals surface area contributed by atoms with E-state index in [4.69, 9.17) is 0 Å². The molecule has 0 N–H and O–H groups in total.